The van der Waals surface area contributed by atoms with Crippen LogP contribution >= 0.6 is 0 Å². The van der Waals surface area contributed by atoms with E-state index in [9.17, 15) is 28.7 Å². The number of amides is 2. The molecule has 1 saturated heterocycles. The lowest BCUT2D eigenvalue weighted by molar-refractivity contribution is -0.137. The molecular weight excluding hydrogens is 666 g/mol. The van der Waals surface area contributed by atoms with Crippen molar-refractivity contribution in [2.75, 3.05) is 19.6 Å². The first-order chi connectivity index (χ1) is 24.7. The minimum absolute atomic E-state index is 0.0400. The quantitative estimate of drug-likeness (QED) is 0.178. The molecule has 0 bridgehead atoms. The highest BCUT2D eigenvalue weighted by atomic mass is 19.1. The third-order valence-corrected chi connectivity index (χ3v) is 10.8. The number of halogens is 2. The van der Waals surface area contributed by atoms with Crippen molar-refractivity contribution in [2.24, 2.45) is 11.3 Å². The smallest absolute Gasteiger partial charge is 0.305 e. The number of aryl methyl sites for hydroxylation is 3. The summed E-state index contributed by atoms with van der Waals surface area (Å²) >= 11 is 0. The van der Waals surface area contributed by atoms with E-state index in [0.717, 1.165) is 13.1 Å². The molecule has 2 aromatic carbocycles. The van der Waals surface area contributed by atoms with Crippen molar-refractivity contribution in [1.29, 1.82) is 0 Å². The van der Waals surface area contributed by atoms with Crippen molar-refractivity contribution in [3.63, 3.8) is 0 Å². The van der Waals surface area contributed by atoms with Crippen LogP contribution in [0, 0.1) is 43.7 Å². The number of nitrogens with one attached hydrogen (secondary N) is 2. The maximum atomic E-state index is 15.8. The molecule has 1 aromatic heterocycles. The fourth-order valence-corrected chi connectivity index (χ4v) is 8.25. The standard InChI is InChI=1S/C41H52F2N4O5/c1-25(2)18-34(45-38(50)31-10-9-14-47(40(31)52)17-16-46-15-13-41(24-46)11-7-6-8-12-41)39(51)44-33(23-35(48)49)32-22-29(19-28(5)37(32)43)36-26(3)20-30(42)21-27(36)4/h9-10,14,19-22,25,33-34H,6-8,11-13,15-18,23-24H2,1-5H3,(H,44,51)(H,45,50)(H,48,49)/t33-,34-/m0/s1. The van der Waals surface area contributed by atoms with Crippen molar-refractivity contribution >= 4 is 17.8 Å². The number of rotatable bonds is 13. The highest BCUT2D eigenvalue weighted by Crippen LogP contribution is 2.43. The first-order valence-electron chi connectivity index (χ1n) is 18.5. The number of carbonyl (C=O) groups is 3. The Hall–Kier alpha value is -4.38. The highest BCUT2D eigenvalue weighted by molar-refractivity contribution is 5.97. The van der Waals surface area contributed by atoms with Crippen molar-refractivity contribution in [2.45, 2.75) is 105 Å². The molecule has 52 heavy (non-hydrogen) atoms. The number of pyridine rings is 1. The maximum Gasteiger partial charge on any atom is 0.305 e. The molecule has 11 heteroatoms. The summed E-state index contributed by atoms with van der Waals surface area (Å²) in [5.74, 6) is -3.84. The SMILES string of the molecule is Cc1cc(-c2c(C)cc(F)cc2C)cc([C@H](CC(=O)O)NC(=O)[C@H](CC(C)C)NC(=O)c2cccn(CCN3CCC4(CCCCC4)C3)c2=O)c1F. The monoisotopic (exact) mass is 718 g/mol. The predicted molar refractivity (Wildman–Crippen MR) is 197 cm³/mol. The molecule has 3 aromatic rings. The van der Waals surface area contributed by atoms with E-state index < -0.39 is 53.5 Å². The van der Waals surface area contributed by atoms with Gasteiger partial charge in [-0.2, -0.15) is 0 Å². The van der Waals surface area contributed by atoms with Crippen LogP contribution < -0.4 is 16.2 Å². The lowest BCUT2D eigenvalue weighted by Gasteiger charge is -2.33. The normalized spacial score (nSPS) is 16.9. The summed E-state index contributed by atoms with van der Waals surface area (Å²) in [6.07, 6.45) is 8.79. The summed E-state index contributed by atoms with van der Waals surface area (Å²) in [5, 5.41) is 15.2. The average molecular weight is 719 g/mol. The number of carboxylic acids is 1. The van der Waals surface area contributed by atoms with Gasteiger partial charge in [0, 0.05) is 31.4 Å². The summed E-state index contributed by atoms with van der Waals surface area (Å²) in [6.45, 7) is 11.9. The molecule has 5 rings (SSSR count). The van der Waals surface area contributed by atoms with Gasteiger partial charge in [0.05, 0.1) is 12.5 Å². The molecule has 2 aliphatic rings. The number of carbonyl (C=O) groups excluding carboxylic acids is 2. The summed E-state index contributed by atoms with van der Waals surface area (Å²) in [5.41, 5.74) is 2.50. The Morgan fingerprint density at radius 3 is 2.27 bits per heavy atom. The van der Waals surface area contributed by atoms with Crippen molar-refractivity contribution < 1.29 is 28.3 Å². The molecule has 9 nitrogen and oxygen atoms in total. The van der Waals surface area contributed by atoms with Crippen LogP contribution in [0.5, 0.6) is 0 Å². The Morgan fingerprint density at radius 2 is 1.62 bits per heavy atom. The molecular formula is C41H52F2N4O5. The van der Waals surface area contributed by atoms with Crippen LogP contribution in [-0.2, 0) is 16.1 Å². The topological polar surface area (TPSA) is 121 Å². The fourth-order valence-electron chi connectivity index (χ4n) is 8.25. The molecule has 3 N–H and O–H groups in total. The van der Waals surface area contributed by atoms with Crippen molar-refractivity contribution in [3.05, 3.63) is 92.4 Å². The zero-order valence-electron chi connectivity index (χ0n) is 31.0. The van der Waals surface area contributed by atoms with E-state index in [2.05, 4.69) is 15.5 Å². The lowest BCUT2D eigenvalue weighted by Crippen LogP contribution is -2.49. The Labute approximate surface area is 304 Å². The number of nitrogens with zero attached hydrogens (tertiary/aromatic N) is 2. The molecule has 0 radical (unpaired) electrons. The molecule has 2 amide bonds. The van der Waals surface area contributed by atoms with E-state index in [1.807, 2.05) is 13.8 Å². The van der Waals surface area contributed by atoms with E-state index in [1.165, 1.54) is 67.4 Å². The minimum Gasteiger partial charge on any atom is -0.481 e. The van der Waals surface area contributed by atoms with Gasteiger partial charge < -0.3 is 25.2 Å². The fraction of sp³-hybridized carbons (Fsp3) is 0.512. The molecule has 1 saturated carbocycles. The molecule has 1 aliphatic carbocycles. The average Bonchev–Trinajstić information content (AvgIpc) is 3.45. The Bertz CT molecular complexity index is 1840. The first-order valence-corrected chi connectivity index (χ1v) is 18.5. The molecule has 280 valence electrons. The van der Waals surface area contributed by atoms with Crippen molar-refractivity contribution in [1.82, 2.24) is 20.1 Å². The van der Waals surface area contributed by atoms with Crippen LogP contribution in [0.3, 0.4) is 0 Å². The predicted octanol–water partition coefficient (Wildman–Crippen LogP) is 6.85. The largest absolute Gasteiger partial charge is 0.481 e. The molecule has 0 unspecified atom stereocenters. The number of carboxylic acid groups (broad SMARTS) is 1. The molecule has 1 aliphatic heterocycles. The summed E-state index contributed by atoms with van der Waals surface area (Å²) in [4.78, 5) is 55.4. The maximum absolute atomic E-state index is 15.8. The highest BCUT2D eigenvalue weighted by Gasteiger charge is 2.38. The van der Waals surface area contributed by atoms with E-state index in [0.29, 0.717) is 40.8 Å². The summed E-state index contributed by atoms with van der Waals surface area (Å²) in [6, 6.07) is 6.50. The summed E-state index contributed by atoms with van der Waals surface area (Å²) in [7, 11) is 0. The number of aromatic nitrogens is 1. The van der Waals surface area contributed by atoms with E-state index >= 15 is 4.39 Å². The van der Waals surface area contributed by atoms with Crippen LogP contribution in [0.25, 0.3) is 11.1 Å². The Kier molecular flexibility index (Phi) is 12.3. The number of likely N-dealkylation sites (tertiary alicyclic amines) is 1. The minimum atomic E-state index is -1.29. The third-order valence-electron chi connectivity index (χ3n) is 10.8. The van der Waals surface area contributed by atoms with Crippen LogP contribution in [-0.4, -0.2) is 58.0 Å². The van der Waals surface area contributed by atoms with E-state index in [-0.39, 0.29) is 29.0 Å². The second-order valence-electron chi connectivity index (χ2n) is 15.4. The van der Waals surface area contributed by atoms with E-state index in [1.54, 1.807) is 39.1 Å². The number of aliphatic carboxylic acids is 1. The number of hydrogen-bond acceptors (Lipinski definition) is 5. The second-order valence-corrected chi connectivity index (χ2v) is 15.4. The zero-order valence-corrected chi connectivity index (χ0v) is 31.0. The van der Waals surface area contributed by atoms with Crippen LogP contribution in [0.2, 0.25) is 0 Å². The van der Waals surface area contributed by atoms with Crippen LogP contribution in [0.15, 0.2) is 47.4 Å². The van der Waals surface area contributed by atoms with Crippen LogP contribution in [0.1, 0.15) is 104 Å². The van der Waals surface area contributed by atoms with Gasteiger partial charge in [-0.15, -0.1) is 0 Å². The molecule has 2 heterocycles. The van der Waals surface area contributed by atoms with E-state index in [4.69, 9.17) is 0 Å². The van der Waals surface area contributed by atoms with Gasteiger partial charge in [-0.3, -0.25) is 19.2 Å². The molecule has 1 spiro atoms. The van der Waals surface area contributed by atoms with Gasteiger partial charge in [-0.25, -0.2) is 8.78 Å². The van der Waals surface area contributed by atoms with Crippen molar-refractivity contribution in [3.8, 4) is 11.1 Å². The lowest BCUT2D eigenvalue weighted by atomic mass is 9.73. The molecule has 2 fully saturated rings. The summed E-state index contributed by atoms with van der Waals surface area (Å²) < 4.78 is 31.4. The van der Waals surface area contributed by atoms with Gasteiger partial charge >= 0.3 is 5.97 Å². The van der Waals surface area contributed by atoms with Gasteiger partial charge in [0.15, 0.2) is 0 Å². The zero-order chi connectivity index (χ0) is 37.7. The van der Waals surface area contributed by atoms with Gasteiger partial charge in [0.2, 0.25) is 5.91 Å². The third kappa shape index (κ3) is 9.15. The number of benzene rings is 2. The van der Waals surface area contributed by atoms with Crippen LogP contribution in [0.4, 0.5) is 8.78 Å². The van der Waals surface area contributed by atoms with Gasteiger partial charge in [-0.05, 0) is 129 Å². The molecule has 2 atom stereocenters. The van der Waals surface area contributed by atoms with Gasteiger partial charge in [0.25, 0.3) is 11.5 Å². The Morgan fingerprint density at radius 1 is 0.923 bits per heavy atom. The van der Waals surface area contributed by atoms with Gasteiger partial charge in [0.1, 0.15) is 23.2 Å². The Balaban J connectivity index is 1.34. The number of hydrogen-bond donors (Lipinski definition) is 3. The van der Waals surface area contributed by atoms with Gasteiger partial charge in [-0.1, -0.05) is 33.1 Å². The first kappa shape index (κ1) is 38.8. The second kappa shape index (κ2) is 16.5.